The predicted molar refractivity (Wildman–Crippen MR) is 101 cm³/mol. The number of hydrogen-bond donors (Lipinski definition) is 0. The number of benzene rings is 2. The summed E-state index contributed by atoms with van der Waals surface area (Å²) in [4.78, 5) is 13.7. The Morgan fingerprint density at radius 1 is 1.19 bits per heavy atom. The summed E-state index contributed by atoms with van der Waals surface area (Å²) in [6.45, 7) is 3.66. The molecule has 0 N–H and O–H groups in total. The quantitative estimate of drug-likeness (QED) is 0.645. The first kappa shape index (κ1) is 18.7. The van der Waals surface area contributed by atoms with Gasteiger partial charge in [-0.05, 0) is 35.7 Å². The van der Waals surface area contributed by atoms with E-state index >= 15 is 0 Å². The summed E-state index contributed by atoms with van der Waals surface area (Å²) in [6, 6.07) is 14.4. The van der Waals surface area contributed by atoms with Crippen LogP contribution in [0, 0.1) is 0 Å². The standard InChI is InChI=1S/C21H27NO4/c1-24-21(23)10-11-22(16-20-7-4-13-25-20)12-14-26-19-9-8-17-5-2-3-6-18(17)15-19/h2-3,5-6,8-9,15,20H,4,7,10-14,16H2,1H3. The third-order valence-electron chi connectivity index (χ3n) is 4.74. The first-order valence-electron chi connectivity index (χ1n) is 9.27. The normalized spacial score (nSPS) is 16.9. The lowest BCUT2D eigenvalue weighted by Gasteiger charge is -2.24. The number of carbonyl (C=O) groups excluding carboxylic acids is 1. The van der Waals surface area contributed by atoms with Gasteiger partial charge in [-0.15, -0.1) is 0 Å². The summed E-state index contributed by atoms with van der Waals surface area (Å²) in [6.07, 6.45) is 2.84. The molecule has 0 amide bonds. The minimum absolute atomic E-state index is 0.183. The zero-order valence-corrected chi connectivity index (χ0v) is 15.4. The van der Waals surface area contributed by atoms with Gasteiger partial charge in [0.15, 0.2) is 0 Å². The van der Waals surface area contributed by atoms with Crippen molar-refractivity contribution in [2.45, 2.75) is 25.4 Å². The highest BCUT2D eigenvalue weighted by molar-refractivity contribution is 5.83. The number of methoxy groups -OCH3 is 1. The Hall–Kier alpha value is -2.11. The van der Waals surface area contributed by atoms with Crippen LogP contribution in [0.5, 0.6) is 5.75 Å². The van der Waals surface area contributed by atoms with E-state index in [0.717, 1.165) is 38.3 Å². The maximum absolute atomic E-state index is 11.5. The van der Waals surface area contributed by atoms with Crippen LogP contribution in [-0.4, -0.2) is 56.9 Å². The molecule has 0 aromatic heterocycles. The van der Waals surface area contributed by atoms with Crippen molar-refractivity contribution < 1.29 is 19.0 Å². The van der Waals surface area contributed by atoms with Crippen LogP contribution >= 0.6 is 0 Å². The van der Waals surface area contributed by atoms with Crippen LogP contribution in [0.2, 0.25) is 0 Å². The number of hydrogen-bond acceptors (Lipinski definition) is 5. The topological polar surface area (TPSA) is 48.0 Å². The van der Waals surface area contributed by atoms with E-state index in [1.54, 1.807) is 0 Å². The van der Waals surface area contributed by atoms with E-state index < -0.39 is 0 Å². The molecular formula is C21H27NO4. The van der Waals surface area contributed by atoms with Crippen molar-refractivity contribution in [3.05, 3.63) is 42.5 Å². The molecule has 0 saturated carbocycles. The van der Waals surface area contributed by atoms with Crippen LogP contribution < -0.4 is 4.74 Å². The molecule has 0 radical (unpaired) electrons. The van der Waals surface area contributed by atoms with E-state index in [9.17, 15) is 4.79 Å². The fourth-order valence-electron chi connectivity index (χ4n) is 3.27. The number of carbonyl (C=O) groups is 1. The van der Waals surface area contributed by atoms with Crippen molar-refractivity contribution in [2.75, 3.05) is 40.0 Å². The Morgan fingerprint density at radius 2 is 2.04 bits per heavy atom. The van der Waals surface area contributed by atoms with Crippen molar-refractivity contribution in [1.29, 1.82) is 0 Å². The predicted octanol–water partition coefficient (Wildman–Crippen LogP) is 3.26. The van der Waals surface area contributed by atoms with E-state index in [4.69, 9.17) is 14.2 Å². The number of rotatable bonds is 9. The van der Waals surface area contributed by atoms with Crippen LogP contribution in [0.15, 0.2) is 42.5 Å². The van der Waals surface area contributed by atoms with Gasteiger partial charge in [-0.1, -0.05) is 30.3 Å². The van der Waals surface area contributed by atoms with Crippen molar-refractivity contribution in [3.8, 4) is 5.75 Å². The first-order valence-corrected chi connectivity index (χ1v) is 9.27. The van der Waals surface area contributed by atoms with E-state index in [-0.39, 0.29) is 12.1 Å². The van der Waals surface area contributed by atoms with Gasteiger partial charge in [-0.25, -0.2) is 0 Å². The Kier molecular flexibility index (Phi) is 6.86. The molecule has 1 atom stereocenters. The molecule has 0 spiro atoms. The molecule has 26 heavy (non-hydrogen) atoms. The molecule has 1 saturated heterocycles. The van der Waals surface area contributed by atoms with E-state index in [0.29, 0.717) is 19.6 Å². The smallest absolute Gasteiger partial charge is 0.306 e. The van der Waals surface area contributed by atoms with Crippen molar-refractivity contribution in [1.82, 2.24) is 4.90 Å². The summed E-state index contributed by atoms with van der Waals surface area (Å²) < 4.78 is 16.4. The second kappa shape index (κ2) is 9.55. The molecule has 2 aromatic rings. The van der Waals surface area contributed by atoms with Crippen LogP contribution in [0.25, 0.3) is 10.8 Å². The molecule has 3 rings (SSSR count). The monoisotopic (exact) mass is 357 g/mol. The highest BCUT2D eigenvalue weighted by Crippen LogP contribution is 2.20. The molecule has 1 fully saturated rings. The third kappa shape index (κ3) is 5.44. The van der Waals surface area contributed by atoms with Crippen LogP contribution in [0.3, 0.4) is 0 Å². The van der Waals surface area contributed by atoms with Crippen molar-refractivity contribution >= 4 is 16.7 Å². The molecule has 5 heteroatoms. The van der Waals surface area contributed by atoms with Gasteiger partial charge >= 0.3 is 5.97 Å². The maximum atomic E-state index is 11.5. The molecule has 1 aliphatic rings. The zero-order chi connectivity index (χ0) is 18.2. The van der Waals surface area contributed by atoms with Gasteiger partial charge in [0.1, 0.15) is 12.4 Å². The van der Waals surface area contributed by atoms with Crippen LogP contribution in [0.4, 0.5) is 0 Å². The lowest BCUT2D eigenvalue weighted by Crippen LogP contribution is -2.36. The average Bonchev–Trinajstić information content (AvgIpc) is 3.18. The van der Waals surface area contributed by atoms with Gasteiger partial charge < -0.3 is 14.2 Å². The second-order valence-corrected chi connectivity index (χ2v) is 6.62. The molecule has 1 heterocycles. The second-order valence-electron chi connectivity index (χ2n) is 6.62. The lowest BCUT2D eigenvalue weighted by molar-refractivity contribution is -0.141. The Labute approximate surface area is 154 Å². The fraction of sp³-hybridized carbons (Fsp3) is 0.476. The molecule has 0 aliphatic carbocycles. The van der Waals surface area contributed by atoms with Gasteiger partial charge in [0, 0.05) is 26.2 Å². The summed E-state index contributed by atoms with van der Waals surface area (Å²) in [5.74, 6) is 0.687. The Balaban J connectivity index is 1.52. The fourth-order valence-corrected chi connectivity index (χ4v) is 3.27. The van der Waals surface area contributed by atoms with Crippen LogP contribution in [0.1, 0.15) is 19.3 Å². The van der Waals surface area contributed by atoms with Crippen LogP contribution in [-0.2, 0) is 14.3 Å². The van der Waals surface area contributed by atoms with Gasteiger partial charge in [0.05, 0.1) is 19.6 Å². The number of fused-ring (bicyclic) bond motifs is 1. The summed E-state index contributed by atoms with van der Waals surface area (Å²) >= 11 is 0. The molecular weight excluding hydrogens is 330 g/mol. The summed E-state index contributed by atoms with van der Waals surface area (Å²) in [5, 5.41) is 2.38. The van der Waals surface area contributed by atoms with E-state index in [1.165, 1.54) is 17.9 Å². The summed E-state index contributed by atoms with van der Waals surface area (Å²) in [5.41, 5.74) is 0. The SMILES string of the molecule is COC(=O)CCN(CCOc1ccc2ccccc2c1)CC1CCCO1. The molecule has 0 bridgehead atoms. The number of nitrogens with zero attached hydrogens (tertiary/aromatic N) is 1. The third-order valence-corrected chi connectivity index (χ3v) is 4.74. The van der Waals surface area contributed by atoms with Gasteiger partial charge in [-0.2, -0.15) is 0 Å². The minimum Gasteiger partial charge on any atom is -0.492 e. The van der Waals surface area contributed by atoms with Crippen molar-refractivity contribution in [3.63, 3.8) is 0 Å². The largest absolute Gasteiger partial charge is 0.492 e. The van der Waals surface area contributed by atoms with E-state index in [1.807, 2.05) is 18.2 Å². The average molecular weight is 357 g/mol. The Bertz CT molecular complexity index is 712. The number of esters is 1. The van der Waals surface area contributed by atoms with Crippen molar-refractivity contribution in [2.24, 2.45) is 0 Å². The molecule has 140 valence electrons. The number of ether oxygens (including phenoxy) is 3. The molecule has 5 nitrogen and oxygen atoms in total. The van der Waals surface area contributed by atoms with Gasteiger partial charge in [0.25, 0.3) is 0 Å². The zero-order valence-electron chi connectivity index (χ0n) is 15.4. The molecule has 1 aliphatic heterocycles. The summed E-state index contributed by atoms with van der Waals surface area (Å²) in [7, 11) is 1.43. The van der Waals surface area contributed by atoms with Gasteiger partial charge in [0.2, 0.25) is 0 Å². The lowest BCUT2D eigenvalue weighted by atomic mass is 10.1. The maximum Gasteiger partial charge on any atom is 0.306 e. The first-order chi connectivity index (χ1) is 12.7. The highest BCUT2D eigenvalue weighted by Gasteiger charge is 2.19. The highest BCUT2D eigenvalue weighted by atomic mass is 16.5. The molecule has 1 unspecified atom stereocenters. The van der Waals surface area contributed by atoms with E-state index in [2.05, 4.69) is 29.2 Å². The Morgan fingerprint density at radius 3 is 2.81 bits per heavy atom. The minimum atomic E-state index is -0.183. The van der Waals surface area contributed by atoms with Gasteiger partial charge in [-0.3, -0.25) is 9.69 Å². The molecule has 2 aromatic carbocycles.